The van der Waals surface area contributed by atoms with Gasteiger partial charge in [-0.3, -0.25) is 9.59 Å². The molecule has 1 aliphatic heterocycles. The van der Waals surface area contributed by atoms with E-state index in [0.29, 0.717) is 29.4 Å². The molecule has 0 fully saturated rings. The number of hydrogen-bond acceptors (Lipinski definition) is 4. The minimum Gasteiger partial charge on any atom is -0.484 e. The van der Waals surface area contributed by atoms with Gasteiger partial charge in [-0.05, 0) is 55.7 Å². The van der Waals surface area contributed by atoms with Gasteiger partial charge in [0.25, 0.3) is 11.8 Å². The largest absolute Gasteiger partial charge is 0.484 e. The van der Waals surface area contributed by atoms with Crippen LogP contribution in [0.15, 0.2) is 42.5 Å². The molecule has 6 nitrogen and oxygen atoms in total. The molecule has 0 aromatic heterocycles. The molecule has 1 aliphatic rings. The summed E-state index contributed by atoms with van der Waals surface area (Å²) in [6.07, 6.45) is 1.23. The fourth-order valence-corrected chi connectivity index (χ4v) is 3.14. The van der Waals surface area contributed by atoms with Gasteiger partial charge in [-0.2, -0.15) is 0 Å². The summed E-state index contributed by atoms with van der Waals surface area (Å²) < 4.78 is 11.3. The molecule has 1 unspecified atom stereocenters. The highest BCUT2D eigenvalue weighted by Gasteiger charge is 2.31. The number of benzene rings is 2. The van der Waals surface area contributed by atoms with Crippen LogP contribution in [0.1, 0.15) is 32.8 Å². The van der Waals surface area contributed by atoms with Gasteiger partial charge in [0, 0.05) is 12.2 Å². The normalized spacial score (nSPS) is 15.6. The van der Waals surface area contributed by atoms with E-state index in [0.717, 1.165) is 18.4 Å². The first kappa shape index (κ1) is 19.7. The predicted octanol–water partition coefficient (Wildman–Crippen LogP) is 3.79. The molecule has 3 rings (SSSR count). The fourth-order valence-electron chi connectivity index (χ4n) is 3.14. The first-order chi connectivity index (χ1) is 13.5. The molecule has 0 bridgehead atoms. The summed E-state index contributed by atoms with van der Waals surface area (Å²) in [7, 11) is 0. The summed E-state index contributed by atoms with van der Waals surface area (Å²) in [5.41, 5.74) is 2.43. The van der Waals surface area contributed by atoms with Crippen LogP contribution in [0.5, 0.6) is 11.5 Å². The van der Waals surface area contributed by atoms with E-state index >= 15 is 0 Å². The average molecular weight is 382 g/mol. The predicted molar refractivity (Wildman–Crippen MR) is 109 cm³/mol. The average Bonchev–Trinajstić information content (AvgIpc) is 2.70. The molecule has 2 aromatic rings. The lowest BCUT2D eigenvalue weighted by atomic mass is 10.1. The maximum atomic E-state index is 12.4. The van der Waals surface area contributed by atoms with Gasteiger partial charge in [-0.1, -0.05) is 26.0 Å². The van der Waals surface area contributed by atoms with E-state index in [2.05, 4.69) is 12.2 Å². The van der Waals surface area contributed by atoms with E-state index in [4.69, 9.17) is 9.47 Å². The van der Waals surface area contributed by atoms with Crippen molar-refractivity contribution in [3.8, 4) is 11.5 Å². The van der Waals surface area contributed by atoms with E-state index in [-0.39, 0.29) is 18.4 Å². The molecule has 1 atom stereocenters. The van der Waals surface area contributed by atoms with Crippen molar-refractivity contribution in [1.82, 2.24) is 0 Å². The minimum absolute atomic E-state index is 0.0723. The van der Waals surface area contributed by atoms with Gasteiger partial charge in [-0.25, -0.2) is 0 Å². The van der Waals surface area contributed by atoms with Gasteiger partial charge < -0.3 is 19.7 Å². The Labute approximate surface area is 165 Å². The Kier molecular flexibility index (Phi) is 6.19. The smallest absolute Gasteiger partial charge is 0.267 e. The number of carbonyl (C=O) groups is 2. The van der Waals surface area contributed by atoms with Crippen molar-refractivity contribution >= 4 is 23.2 Å². The molecule has 148 valence electrons. The molecule has 0 spiro atoms. The van der Waals surface area contributed by atoms with E-state index in [1.807, 2.05) is 31.2 Å². The molecule has 2 amide bonds. The molecule has 1 heterocycles. The number of anilines is 2. The molecule has 2 aromatic carbocycles. The summed E-state index contributed by atoms with van der Waals surface area (Å²) in [5, 5.41) is 2.82. The van der Waals surface area contributed by atoms with Crippen LogP contribution in [-0.4, -0.2) is 31.1 Å². The Morgan fingerprint density at radius 2 is 2.04 bits per heavy atom. The quantitative estimate of drug-likeness (QED) is 0.791. The number of carbonyl (C=O) groups excluding carboxylic acids is 2. The first-order valence-corrected chi connectivity index (χ1v) is 9.65. The van der Waals surface area contributed by atoms with Crippen molar-refractivity contribution in [3.05, 3.63) is 48.0 Å². The van der Waals surface area contributed by atoms with E-state index in [1.54, 1.807) is 30.0 Å². The minimum atomic E-state index is -0.508. The molecule has 6 heteroatoms. The topological polar surface area (TPSA) is 67.9 Å². The van der Waals surface area contributed by atoms with Gasteiger partial charge in [0.15, 0.2) is 12.7 Å². The third-order valence-corrected chi connectivity index (χ3v) is 4.57. The van der Waals surface area contributed by atoms with Crippen molar-refractivity contribution in [2.24, 2.45) is 0 Å². The van der Waals surface area contributed by atoms with Crippen molar-refractivity contribution < 1.29 is 19.1 Å². The highest BCUT2D eigenvalue weighted by Crippen LogP contribution is 2.36. The molecule has 28 heavy (non-hydrogen) atoms. The van der Waals surface area contributed by atoms with Gasteiger partial charge in [0.1, 0.15) is 11.5 Å². The first-order valence-electron chi connectivity index (χ1n) is 9.65. The summed E-state index contributed by atoms with van der Waals surface area (Å²) in [4.78, 5) is 26.4. The van der Waals surface area contributed by atoms with Crippen molar-refractivity contribution in [1.29, 1.82) is 0 Å². The number of fused-ring (bicyclic) bond motifs is 1. The van der Waals surface area contributed by atoms with Gasteiger partial charge in [0.2, 0.25) is 0 Å². The second-order valence-electron chi connectivity index (χ2n) is 6.77. The molecule has 0 aliphatic carbocycles. The maximum Gasteiger partial charge on any atom is 0.267 e. The molecular weight excluding hydrogens is 356 g/mol. The zero-order valence-corrected chi connectivity index (χ0v) is 16.5. The lowest BCUT2D eigenvalue weighted by molar-refractivity contribution is -0.125. The number of hydrogen-bond donors (Lipinski definition) is 1. The number of amides is 2. The lowest BCUT2D eigenvalue weighted by Crippen LogP contribution is -2.44. The van der Waals surface area contributed by atoms with Crippen LogP contribution in [0.3, 0.4) is 0 Å². The zero-order chi connectivity index (χ0) is 20.1. The van der Waals surface area contributed by atoms with Crippen LogP contribution in [-0.2, 0) is 16.0 Å². The van der Waals surface area contributed by atoms with Gasteiger partial charge >= 0.3 is 0 Å². The van der Waals surface area contributed by atoms with Gasteiger partial charge in [0.05, 0.1) is 5.69 Å². The molecule has 0 saturated heterocycles. The highest BCUT2D eigenvalue weighted by molar-refractivity contribution is 6.01. The lowest BCUT2D eigenvalue weighted by Gasteiger charge is -2.33. The van der Waals surface area contributed by atoms with Crippen molar-refractivity contribution in [2.75, 3.05) is 23.4 Å². The van der Waals surface area contributed by atoms with E-state index < -0.39 is 6.10 Å². The monoisotopic (exact) mass is 382 g/mol. The zero-order valence-electron chi connectivity index (χ0n) is 16.5. The number of rotatable bonds is 7. The van der Waals surface area contributed by atoms with Crippen LogP contribution in [0, 0.1) is 0 Å². The fraction of sp³-hybridized carbons (Fsp3) is 0.364. The number of ether oxygens (including phenoxy) is 2. The van der Waals surface area contributed by atoms with Crippen LogP contribution in [0.2, 0.25) is 0 Å². The SMILES string of the molecule is CCCN1C(=O)C(C)Oc2ccc(NC(=O)COc3cccc(CC)c3)cc21. The highest BCUT2D eigenvalue weighted by atomic mass is 16.5. The second kappa shape index (κ2) is 8.78. The Morgan fingerprint density at radius 3 is 2.79 bits per heavy atom. The van der Waals surface area contributed by atoms with Crippen LogP contribution >= 0.6 is 0 Å². The molecule has 0 saturated carbocycles. The summed E-state index contributed by atoms with van der Waals surface area (Å²) >= 11 is 0. The second-order valence-corrected chi connectivity index (χ2v) is 6.77. The summed E-state index contributed by atoms with van der Waals surface area (Å²) in [6, 6.07) is 13.0. The maximum absolute atomic E-state index is 12.4. The van der Waals surface area contributed by atoms with Crippen molar-refractivity contribution in [2.45, 2.75) is 39.7 Å². The van der Waals surface area contributed by atoms with Gasteiger partial charge in [-0.15, -0.1) is 0 Å². The standard InChI is InChI=1S/C22H26N2O4/c1-4-11-24-19-13-17(9-10-20(19)28-15(3)22(24)26)23-21(25)14-27-18-8-6-7-16(5-2)12-18/h6-10,12-13,15H,4-5,11,14H2,1-3H3,(H,23,25). The molecular formula is C22H26N2O4. The third-order valence-electron chi connectivity index (χ3n) is 4.57. The summed E-state index contributed by atoms with van der Waals surface area (Å²) in [6.45, 7) is 6.35. The Morgan fingerprint density at radius 1 is 1.21 bits per heavy atom. The summed E-state index contributed by atoms with van der Waals surface area (Å²) in [5.74, 6) is 0.977. The third kappa shape index (κ3) is 4.44. The number of nitrogens with zero attached hydrogens (tertiary/aromatic N) is 1. The van der Waals surface area contributed by atoms with Crippen LogP contribution in [0.4, 0.5) is 11.4 Å². The molecule has 0 radical (unpaired) electrons. The van der Waals surface area contributed by atoms with Crippen LogP contribution < -0.4 is 19.7 Å². The Hall–Kier alpha value is -3.02. The van der Waals surface area contributed by atoms with E-state index in [9.17, 15) is 9.59 Å². The van der Waals surface area contributed by atoms with Crippen molar-refractivity contribution in [3.63, 3.8) is 0 Å². The number of aryl methyl sites for hydroxylation is 1. The molecule has 1 N–H and O–H groups in total. The van der Waals surface area contributed by atoms with E-state index in [1.165, 1.54) is 0 Å². The Balaban J connectivity index is 1.67. The number of nitrogens with one attached hydrogen (secondary N) is 1. The van der Waals surface area contributed by atoms with Crippen LogP contribution in [0.25, 0.3) is 0 Å². The Bertz CT molecular complexity index is 865.